The molecule has 1 atom stereocenters. The molecule has 1 aromatic rings. The van der Waals surface area contributed by atoms with E-state index < -0.39 is 4.92 Å². The van der Waals surface area contributed by atoms with Crippen LogP contribution in [0.4, 0.5) is 5.69 Å². The van der Waals surface area contributed by atoms with Crippen LogP contribution < -0.4 is 5.32 Å². The number of unbranched alkanes of at least 4 members (excludes halogenated alkanes) is 1. The van der Waals surface area contributed by atoms with Crippen molar-refractivity contribution in [2.75, 3.05) is 6.54 Å². The van der Waals surface area contributed by atoms with Crippen LogP contribution in [0.25, 0.3) is 6.08 Å². The standard InChI is InChI=1S/C17H24N2O3/c1-3-5-7-14(4-2)13-18-17(20)11-10-15-8-6-9-16(12-15)19(21)22/h6,8-12,14H,3-5,7,13H2,1-2H3,(H,18,20)/b11-10+/t14-/m1/s1. The van der Waals surface area contributed by atoms with E-state index in [2.05, 4.69) is 19.2 Å². The molecule has 1 N–H and O–H groups in total. The van der Waals surface area contributed by atoms with Crippen molar-refractivity contribution in [3.8, 4) is 0 Å². The number of carbonyl (C=O) groups excluding carboxylic acids is 1. The van der Waals surface area contributed by atoms with Gasteiger partial charge in [-0.2, -0.15) is 0 Å². The van der Waals surface area contributed by atoms with Crippen molar-refractivity contribution in [2.45, 2.75) is 39.5 Å². The second kappa shape index (κ2) is 9.71. The number of rotatable bonds is 9. The average Bonchev–Trinajstić information content (AvgIpc) is 2.53. The highest BCUT2D eigenvalue weighted by Gasteiger charge is 2.07. The summed E-state index contributed by atoms with van der Waals surface area (Å²) in [6.45, 7) is 4.97. The van der Waals surface area contributed by atoms with Crippen LogP contribution in [0.5, 0.6) is 0 Å². The minimum Gasteiger partial charge on any atom is -0.352 e. The average molecular weight is 304 g/mol. The third-order valence-electron chi connectivity index (χ3n) is 3.62. The number of hydrogen-bond acceptors (Lipinski definition) is 3. The summed E-state index contributed by atoms with van der Waals surface area (Å²) < 4.78 is 0. The molecule has 1 amide bonds. The summed E-state index contributed by atoms with van der Waals surface area (Å²) in [4.78, 5) is 22.0. The fraction of sp³-hybridized carbons (Fsp3) is 0.471. The second-order valence-electron chi connectivity index (χ2n) is 5.35. The number of amides is 1. The first-order chi connectivity index (χ1) is 10.6. The lowest BCUT2D eigenvalue weighted by Gasteiger charge is -2.14. The van der Waals surface area contributed by atoms with Crippen LogP contribution in [-0.4, -0.2) is 17.4 Å². The van der Waals surface area contributed by atoms with E-state index in [9.17, 15) is 14.9 Å². The Labute approximate surface area is 131 Å². The van der Waals surface area contributed by atoms with Gasteiger partial charge in [-0.1, -0.05) is 45.2 Å². The van der Waals surface area contributed by atoms with Crippen molar-refractivity contribution in [3.05, 3.63) is 46.0 Å². The Hall–Kier alpha value is -2.17. The van der Waals surface area contributed by atoms with E-state index >= 15 is 0 Å². The number of benzene rings is 1. The lowest BCUT2D eigenvalue weighted by atomic mass is 9.99. The van der Waals surface area contributed by atoms with Crippen LogP contribution >= 0.6 is 0 Å². The molecule has 0 heterocycles. The van der Waals surface area contributed by atoms with Gasteiger partial charge < -0.3 is 5.32 Å². The SMILES string of the molecule is CCCC[C@@H](CC)CNC(=O)/C=C/c1cccc([N+](=O)[O-])c1. The maximum absolute atomic E-state index is 11.8. The number of hydrogen-bond donors (Lipinski definition) is 1. The zero-order valence-corrected chi connectivity index (χ0v) is 13.2. The molecule has 0 fully saturated rings. The van der Waals surface area contributed by atoms with Crippen molar-refractivity contribution in [2.24, 2.45) is 5.92 Å². The van der Waals surface area contributed by atoms with Gasteiger partial charge in [0.15, 0.2) is 0 Å². The van der Waals surface area contributed by atoms with E-state index in [1.165, 1.54) is 24.6 Å². The van der Waals surface area contributed by atoms with Gasteiger partial charge in [0, 0.05) is 24.8 Å². The molecule has 120 valence electrons. The van der Waals surface area contributed by atoms with Crippen LogP contribution in [0.1, 0.15) is 45.1 Å². The van der Waals surface area contributed by atoms with Gasteiger partial charge in [0.05, 0.1) is 4.92 Å². The first-order valence-electron chi connectivity index (χ1n) is 7.77. The zero-order chi connectivity index (χ0) is 16.4. The highest BCUT2D eigenvalue weighted by molar-refractivity contribution is 5.91. The Kier molecular flexibility index (Phi) is 7.89. The minimum absolute atomic E-state index is 0.0215. The molecular formula is C17H24N2O3. The van der Waals surface area contributed by atoms with Gasteiger partial charge in [0.1, 0.15) is 0 Å². The summed E-state index contributed by atoms with van der Waals surface area (Å²) in [7, 11) is 0. The van der Waals surface area contributed by atoms with Crippen LogP contribution in [0.15, 0.2) is 30.3 Å². The molecule has 5 heteroatoms. The summed E-state index contributed by atoms with van der Waals surface area (Å²) in [6, 6.07) is 6.21. The summed E-state index contributed by atoms with van der Waals surface area (Å²) in [5.41, 5.74) is 0.663. The molecule has 0 saturated carbocycles. The molecule has 0 aromatic heterocycles. The zero-order valence-electron chi connectivity index (χ0n) is 13.2. The quantitative estimate of drug-likeness (QED) is 0.426. The molecule has 0 saturated heterocycles. The number of nitrogens with zero attached hydrogens (tertiary/aromatic N) is 1. The molecule has 0 spiro atoms. The highest BCUT2D eigenvalue weighted by atomic mass is 16.6. The first kappa shape index (κ1) is 17.9. The maximum Gasteiger partial charge on any atom is 0.270 e. The summed E-state index contributed by atoms with van der Waals surface area (Å²) >= 11 is 0. The Bertz CT molecular complexity index is 526. The van der Waals surface area contributed by atoms with E-state index in [0.717, 1.165) is 19.3 Å². The molecule has 0 unspecified atom stereocenters. The van der Waals surface area contributed by atoms with Gasteiger partial charge in [-0.3, -0.25) is 14.9 Å². The van der Waals surface area contributed by atoms with Crippen LogP contribution in [0.2, 0.25) is 0 Å². The summed E-state index contributed by atoms with van der Waals surface area (Å²) in [6.07, 6.45) is 7.53. The molecule has 0 bridgehead atoms. The van der Waals surface area contributed by atoms with Crippen LogP contribution in [-0.2, 0) is 4.79 Å². The Morgan fingerprint density at radius 3 is 2.82 bits per heavy atom. The van der Waals surface area contributed by atoms with E-state index in [4.69, 9.17) is 0 Å². The predicted molar refractivity (Wildman–Crippen MR) is 88.4 cm³/mol. The van der Waals surface area contributed by atoms with Crippen molar-refractivity contribution >= 4 is 17.7 Å². The molecule has 0 aliphatic rings. The van der Waals surface area contributed by atoms with Crippen molar-refractivity contribution in [3.63, 3.8) is 0 Å². The molecule has 0 radical (unpaired) electrons. The second-order valence-corrected chi connectivity index (χ2v) is 5.35. The van der Waals surface area contributed by atoms with Gasteiger partial charge in [0.25, 0.3) is 5.69 Å². The lowest BCUT2D eigenvalue weighted by Crippen LogP contribution is -2.27. The first-order valence-corrected chi connectivity index (χ1v) is 7.77. The van der Waals surface area contributed by atoms with E-state index in [1.54, 1.807) is 18.2 Å². The molecule has 0 aliphatic carbocycles. The monoisotopic (exact) mass is 304 g/mol. The topological polar surface area (TPSA) is 72.2 Å². The molecule has 5 nitrogen and oxygen atoms in total. The highest BCUT2D eigenvalue weighted by Crippen LogP contribution is 2.14. The van der Waals surface area contributed by atoms with Crippen molar-refractivity contribution in [1.29, 1.82) is 0 Å². The number of nitro groups is 1. The van der Waals surface area contributed by atoms with Crippen LogP contribution in [0.3, 0.4) is 0 Å². The number of carbonyl (C=O) groups is 1. The van der Waals surface area contributed by atoms with E-state index in [-0.39, 0.29) is 11.6 Å². The lowest BCUT2D eigenvalue weighted by molar-refractivity contribution is -0.384. The van der Waals surface area contributed by atoms with Gasteiger partial charge in [-0.25, -0.2) is 0 Å². The fourth-order valence-electron chi connectivity index (χ4n) is 2.16. The van der Waals surface area contributed by atoms with Crippen LogP contribution in [0, 0.1) is 16.0 Å². The predicted octanol–water partition coefficient (Wildman–Crippen LogP) is 3.94. The summed E-state index contributed by atoms with van der Waals surface area (Å²) in [5, 5.41) is 13.6. The normalized spacial score (nSPS) is 12.3. The molecule has 1 aromatic carbocycles. The Balaban J connectivity index is 2.50. The third kappa shape index (κ3) is 6.52. The largest absolute Gasteiger partial charge is 0.352 e. The smallest absolute Gasteiger partial charge is 0.270 e. The molecule has 1 rings (SSSR count). The Morgan fingerprint density at radius 2 is 2.18 bits per heavy atom. The maximum atomic E-state index is 11.8. The van der Waals surface area contributed by atoms with Crippen molar-refractivity contribution in [1.82, 2.24) is 5.32 Å². The number of non-ortho nitro benzene ring substituents is 1. The Morgan fingerprint density at radius 1 is 1.41 bits per heavy atom. The number of nitro benzene ring substituents is 1. The van der Waals surface area contributed by atoms with E-state index in [0.29, 0.717) is 18.0 Å². The minimum atomic E-state index is -0.447. The molecule has 0 aliphatic heterocycles. The summed E-state index contributed by atoms with van der Waals surface area (Å²) in [5.74, 6) is 0.344. The van der Waals surface area contributed by atoms with Gasteiger partial charge in [-0.05, 0) is 24.0 Å². The van der Waals surface area contributed by atoms with E-state index in [1.807, 2.05) is 0 Å². The molecular weight excluding hydrogens is 280 g/mol. The van der Waals surface area contributed by atoms with Gasteiger partial charge in [-0.15, -0.1) is 0 Å². The number of nitrogens with one attached hydrogen (secondary N) is 1. The van der Waals surface area contributed by atoms with Gasteiger partial charge >= 0.3 is 0 Å². The van der Waals surface area contributed by atoms with Gasteiger partial charge in [0.2, 0.25) is 5.91 Å². The fourth-order valence-corrected chi connectivity index (χ4v) is 2.16. The molecule has 22 heavy (non-hydrogen) atoms. The van der Waals surface area contributed by atoms with Crippen molar-refractivity contribution < 1.29 is 9.72 Å². The third-order valence-corrected chi connectivity index (χ3v) is 3.62.